The van der Waals surface area contributed by atoms with E-state index in [0.29, 0.717) is 27.6 Å². The van der Waals surface area contributed by atoms with E-state index in [4.69, 9.17) is 10.1 Å². The minimum Gasteiger partial charge on any atom is -0.508 e. The topological polar surface area (TPSA) is 108 Å². The maximum atomic E-state index is 13.1. The number of carbonyl (C=O) groups is 1. The van der Waals surface area contributed by atoms with Gasteiger partial charge in [0.15, 0.2) is 0 Å². The van der Waals surface area contributed by atoms with E-state index < -0.39 is 6.04 Å². The van der Waals surface area contributed by atoms with Crippen LogP contribution in [0.2, 0.25) is 0 Å². The summed E-state index contributed by atoms with van der Waals surface area (Å²) in [6.45, 7) is 0. The number of pyridine rings is 2. The summed E-state index contributed by atoms with van der Waals surface area (Å²) in [5.74, 6) is 0.313. The Morgan fingerprint density at radius 3 is 2.67 bits per heavy atom. The molecule has 3 aromatic heterocycles. The van der Waals surface area contributed by atoms with E-state index >= 15 is 0 Å². The zero-order valence-electron chi connectivity index (χ0n) is 17.9. The number of nitrogens with one attached hydrogen (secondary N) is 2. The second-order valence-corrected chi connectivity index (χ2v) is 8.35. The fourth-order valence-electron chi connectivity index (χ4n) is 3.38. The molecule has 3 N–H and O–H groups in total. The number of aromatic hydroxyl groups is 1. The Kier molecular flexibility index (Phi) is 6.75. The number of phenols is 1. The number of nitrogens with zero attached hydrogens (tertiary/aromatic N) is 2. The zero-order chi connectivity index (χ0) is 23.2. The third-order valence-corrected chi connectivity index (χ3v) is 6.23. The Bertz CT molecular complexity index is 1260. The van der Waals surface area contributed by atoms with Crippen LogP contribution < -0.4 is 10.1 Å². The summed E-state index contributed by atoms with van der Waals surface area (Å²) in [5.41, 5.74) is 2.41. The number of methoxy groups -OCH3 is 1. The Labute approximate surface area is 195 Å². The molecule has 0 aliphatic heterocycles. The maximum Gasteiger partial charge on any atom is 0.261 e. The van der Waals surface area contributed by atoms with Gasteiger partial charge in [-0.25, -0.2) is 4.98 Å². The Morgan fingerprint density at radius 1 is 1.12 bits per heavy atom. The molecule has 1 unspecified atom stereocenters. The summed E-state index contributed by atoms with van der Waals surface area (Å²) in [4.78, 5) is 22.8. The maximum absolute atomic E-state index is 13.1. The van der Waals surface area contributed by atoms with E-state index in [1.165, 1.54) is 11.3 Å². The highest BCUT2D eigenvalue weighted by atomic mass is 32.1. The molecule has 3 heterocycles. The Morgan fingerprint density at radius 2 is 1.97 bits per heavy atom. The number of thiophene rings is 1. The van der Waals surface area contributed by atoms with Crippen molar-refractivity contribution in [2.45, 2.75) is 12.5 Å². The lowest BCUT2D eigenvalue weighted by Crippen LogP contribution is -2.29. The molecule has 0 saturated heterocycles. The van der Waals surface area contributed by atoms with Gasteiger partial charge in [0.2, 0.25) is 5.88 Å². The van der Waals surface area contributed by atoms with Crippen molar-refractivity contribution in [3.8, 4) is 22.1 Å². The van der Waals surface area contributed by atoms with Crippen LogP contribution in [0.4, 0.5) is 0 Å². The zero-order valence-corrected chi connectivity index (χ0v) is 18.7. The molecule has 1 amide bonds. The van der Waals surface area contributed by atoms with Crippen LogP contribution in [0.3, 0.4) is 0 Å². The van der Waals surface area contributed by atoms with Crippen molar-refractivity contribution in [3.63, 3.8) is 0 Å². The molecule has 0 bridgehead atoms. The van der Waals surface area contributed by atoms with Gasteiger partial charge in [0, 0.05) is 58.4 Å². The summed E-state index contributed by atoms with van der Waals surface area (Å²) >= 11 is 1.35. The number of phenolic OH excluding ortho intramolecular Hbond substituents is 1. The van der Waals surface area contributed by atoms with Crippen LogP contribution in [0.1, 0.15) is 33.3 Å². The van der Waals surface area contributed by atoms with E-state index in [2.05, 4.69) is 15.3 Å². The van der Waals surface area contributed by atoms with Crippen LogP contribution in [0.5, 0.6) is 11.6 Å². The van der Waals surface area contributed by atoms with Gasteiger partial charge in [-0.15, -0.1) is 11.3 Å². The largest absolute Gasteiger partial charge is 0.508 e. The van der Waals surface area contributed by atoms with Crippen LogP contribution >= 0.6 is 11.3 Å². The molecule has 8 heteroatoms. The van der Waals surface area contributed by atoms with Crippen molar-refractivity contribution in [1.29, 1.82) is 5.41 Å². The lowest BCUT2D eigenvalue weighted by Gasteiger charge is -2.20. The SMILES string of the molecule is COc1ccc(-c2ccc(C(=O)NC(CC(=N)c3cccnc3)c3ccccc3O)s2)cn1. The molecule has 0 saturated carbocycles. The van der Waals surface area contributed by atoms with E-state index in [0.717, 1.165) is 10.4 Å². The molecule has 4 aromatic rings. The van der Waals surface area contributed by atoms with Crippen LogP contribution in [-0.4, -0.2) is 33.8 Å². The summed E-state index contributed by atoms with van der Waals surface area (Å²) in [5, 5.41) is 21.9. The van der Waals surface area contributed by atoms with Gasteiger partial charge in [-0.3, -0.25) is 9.78 Å². The molecule has 166 valence electrons. The Hall–Kier alpha value is -4.04. The fraction of sp³-hybridized carbons (Fsp3) is 0.120. The van der Waals surface area contributed by atoms with Crippen molar-refractivity contribution < 1.29 is 14.6 Å². The average molecular weight is 459 g/mol. The van der Waals surface area contributed by atoms with Crippen molar-refractivity contribution in [1.82, 2.24) is 15.3 Å². The van der Waals surface area contributed by atoms with Gasteiger partial charge in [-0.05, 0) is 30.3 Å². The first-order valence-corrected chi connectivity index (χ1v) is 11.0. The summed E-state index contributed by atoms with van der Waals surface area (Å²) in [6, 6.07) is 17.1. The number of aromatic nitrogens is 2. The number of hydrogen-bond acceptors (Lipinski definition) is 7. The number of benzene rings is 1. The monoisotopic (exact) mass is 458 g/mol. The molecule has 1 atom stereocenters. The van der Waals surface area contributed by atoms with Gasteiger partial charge in [-0.1, -0.05) is 24.3 Å². The highest BCUT2D eigenvalue weighted by molar-refractivity contribution is 7.17. The van der Waals surface area contributed by atoms with E-state index in [9.17, 15) is 9.90 Å². The number of rotatable bonds is 8. The average Bonchev–Trinajstić information content (AvgIpc) is 3.35. The van der Waals surface area contributed by atoms with Crippen molar-refractivity contribution in [2.24, 2.45) is 0 Å². The molecule has 7 nitrogen and oxygen atoms in total. The fourth-order valence-corrected chi connectivity index (χ4v) is 4.27. The Balaban J connectivity index is 1.55. The lowest BCUT2D eigenvalue weighted by atomic mass is 9.97. The number of ether oxygens (including phenoxy) is 1. The molecule has 0 aliphatic rings. The molecule has 0 spiro atoms. The number of carbonyl (C=O) groups excluding carboxylic acids is 1. The standard InChI is InChI=1S/C25H22N4O3S/c1-32-24-11-8-17(15-28-24)22-9-10-23(33-22)25(31)29-20(18-6-2-3-7-21(18)30)13-19(26)16-5-4-12-27-14-16/h2-12,14-15,20,26,30H,13H2,1H3,(H,29,31). The molecule has 33 heavy (non-hydrogen) atoms. The van der Waals surface area contributed by atoms with Crippen molar-refractivity contribution >= 4 is 23.0 Å². The summed E-state index contributed by atoms with van der Waals surface area (Å²) in [7, 11) is 1.56. The van der Waals surface area contributed by atoms with Gasteiger partial charge in [0.1, 0.15) is 5.75 Å². The third kappa shape index (κ3) is 5.24. The van der Waals surface area contributed by atoms with E-state index in [1.54, 1.807) is 74.2 Å². The molecule has 4 rings (SSSR count). The molecular formula is C25H22N4O3S. The predicted molar refractivity (Wildman–Crippen MR) is 128 cm³/mol. The molecule has 1 aromatic carbocycles. The number of amides is 1. The molecule has 0 aliphatic carbocycles. The predicted octanol–water partition coefficient (Wildman–Crippen LogP) is 4.85. The smallest absolute Gasteiger partial charge is 0.261 e. The van der Waals surface area contributed by atoms with Crippen molar-refractivity contribution in [2.75, 3.05) is 7.11 Å². The molecule has 0 fully saturated rings. The summed E-state index contributed by atoms with van der Waals surface area (Å²) in [6.07, 6.45) is 5.16. The minimum absolute atomic E-state index is 0.0676. The number of para-hydroxylation sites is 1. The highest BCUT2D eigenvalue weighted by Gasteiger charge is 2.22. The second kappa shape index (κ2) is 10.1. The lowest BCUT2D eigenvalue weighted by molar-refractivity contribution is 0.0941. The number of hydrogen-bond donors (Lipinski definition) is 3. The van der Waals surface area contributed by atoms with Crippen LogP contribution in [0.15, 0.2) is 79.3 Å². The van der Waals surface area contributed by atoms with Crippen LogP contribution in [0.25, 0.3) is 10.4 Å². The third-order valence-electron chi connectivity index (χ3n) is 5.10. The first-order valence-electron chi connectivity index (χ1n) is 10.2. The van der Waals surface area contributed by atoms with Gasteiger partial charge in [-0.2, -0.15) is 0 Å². The van der Waals surface area contributed by atoms with E-state index in [1.807, 2.05) is 12.1 Å². The first kappa shape index (κ1) is 22.2. The van der Waals surface area contributed by atoms with Crippen molar-refractivity contribution in [3.05, 3.63) is 95.3 Å². The van der Waals surface area contributed by atoms with Gasteiger partial charge < -0.3 is 20.6 Å². The summed E-state index contributed by atoms with van der Waals surface area (Å²) < 4.78 is 5.09. The quantitative estimate of drug-likeness (QED) is 0.327. The van der Waals surface area contributed by atoms with E-state index in [-0.39, 0.29) is 18.1 Å². The second-order valence-electron chi connectivity index (χ2n) is 7.26. The van der Waals surface area contributed by atoms with Crippen LogP contribution in [-0.2, 0) is 0 Å². The van der Waals surface area contributed by atoms with Gasteiger partial charge in [0.25, 0.3) is 5.91 Å². The minimum atomic E-state index is -0.584. The molecule has 0 radical (unpaired) electrons. The molecular weight excluding hydrogens is 436 g/mol. The van der Waals surface area contributed by atoms with Gasteiger partial charge in [0.05, 0.1) is 18.0 Å². The van der Waals surface area contributed by atoms with Gasteiger partial charge >= 0.3 is 0 Å². The first-order chi connectivity index (χ1) is 16.0. The van der Waals surface area contributed by atoms with Crippen LogP contribution in [0, 0.1) is 5.41 Å². The normalized spacial score (nSPS) is 11.5. The highest BCUT2D eigenvalue weighted by Crippen LogP contribution is 2.31.